The molecule has 3 nitrogen and oxygen atoms in total. The van der Waals surface area contributed by atoms with Gasteiger partial charge in [0.05, 0.1) is 5.69 Å². The molecular formula is C14H16F2N2O. The molecule has 3 rings (SSSR count). The average Bonchev–Trinajstić information content (AvgIpc) is 2.40. The van der Waals surface area contributed by atoms with E-state index < -0.39 is 11.6 Å². The van der Waals surface area contributed by atoms with E-state index in [-0.39, 0.29) is 17.6 Å². The Kier molecular flexibility index (Phi) is 2.92. The van der Waals surface area contributed by atoms with Crippen LogP contribution in [-0.4, -0.2) is 18.5 Å². The lowest BCUT2D eigenvalue weighted by atomic mass is 9.87. The number of anilines is 2. The minimum atomic E-state index is -0.709. The average molecular weight is 266 g/mol. The molecule has 0 spiro atoms. The van der Waals surface area contributed by atoms with E-state index in [4.69, 9.17) is 0 Å². The second kappa shape index (κ2) is 4.47. The van der Waals surface area contributed by atoms with Crippen LogP contribution in [-0.2, 0) is 4.79 Å². The van der Waals surface area contributed by atoms with E-state index in [1.54, 1.807) is 0 Å². The van der Waals surface area contributed by atoms with Crippen LogP contribution in [0.15, 0.2) is 12.1 Å². The van der Waals surface area contributed by atoms with Gasteiger partial charge in [-0.1, -0.05) is 13.3 Å². The highest BCUT2D eigenvalue weighted by Crippen LogP contribution is 2.39. The largest absolute Gasteiger partial charge is 0.358 e. The van der Waals surface area contributed by atoms with Crippen molar-refractivity contribution in [3.63, 3.8) is 0 Å². The summed E-state index contributed by atoms with van der Waals surface area (Å²) in [6.45, 7) is 2.78. The molecule has 2 unspecified atom stereocenters. The number of piperidine rings is 1. The first-order valence-corrected chi connectivity index (χ1v) is 6.66. The zero-order valence-corrected chi connectivity index (χ0v) is 10.7. The van der Waals surface area contributed by atoms with Gasteiger partial charge in [0.25, 0.3) is 0 Å². The first kappa shape index (κ1) is 12.4. The van der Waals surface area contributed by atoms with Crippen molar-refractivity contribution in [2.75, 3.05) is 16.8 Å². The zero-order valence-electron chi connectivity index (χ0n) is 10.7. The molecule has 2 heterocycles. The molecular weight excluding hydrogens is 250 g/mol. The summed E-state index contributed by atoms with van der Waals surface area (Å²) in [7, 11) is 0. The molecule has 1 saturated heterocycles. The molecule has 1 fully saturated rings. The topological polar surface area (TPSA) is 32.3 Å². The molecule has 2 atom stereocenters. The molecule has 0 aromatic heterocycles. The maximum atomic E-state index is 13.7. The van der Waals surface area contributed by atoms with E-state index in [1.165, 1.54) is 6.07 Å². The summed E-state index contributed by atoms with van der Waals surface area (Å²) in [5, 5.41) is 2.58. The second-order valence-electron chi connectivity index (χ2n) is 5.28. The molecule has 2 aliphatic heterocycles. The number of amides is 1. The highest BCUT2D eigenvalue weighted by molar-refractivity contribution is 6.03. The fourth-order valence-corrected chi connectivity index (χ4v) is 3.06. The Morgan fingerprint density at radius 1 is 1.42 bits per heavy atom. The van der Waals surface area contributed by atoms with Crippen LogP contribution in [0.1, 0.15) is 26.2 Å². The van der Waals surface area contributed by atoms with Gasteiger partial charge in [-0.05, 0) is 24.8 Å². The number of halogens is 2. The van der Waals surface area contributed by atoms with Crippen molar-refractivity contribution in [2.45, 2.75) is 32.2 Å². The molecule has 1 N–H and O–H groups in total. The van der Waals surface area contributed by atoms with E-state index in [1.807, 2.05) is 4.90 Å². The van der Waals surface area contributed by atoms with Gasteiger partial charge < -0.3 is 10.2 Å². The third kappa shape index (κ3) is 1.97. The van der Waals surface area contributed by atoms with Gasteiger partial charge in [-0.25, -0.2) is 8.78 Å². The van der Waals surface area contributed by atoms with E-state index in [0.29, 0.717) is 18.2 Å². The standard InChI is InChI=1S/C14H16F2N2O/c1-2-8-3-4-18-11-7-9(15)6-10(16)13(11)17-14(19)12(18)5-8/h6-8,12H,2-5H2,1H3,(H,17,19). The molecule has 5 heteroatoms. The summed E-state index contributed by atoms with van der Waals surface area (Å²) in [5.41, 5.74) is 0.578. The molecule has 1 amide bonds. The predicted molar refractivity (Wildman–Crippen MR) is 69.1 cm³/mol. The quantitative estimate of drug-likeness (QED) is 0.847. The third-order valence-electron chi connectivity index (χ3n) is 4.18. The van der Waals surface area contributed by atoms with Crippen LogP contribution in [0.4, 0.5) is 20.2 Å². The lowest BCUT2D eigenvalue weighted by molar-refractivity contribution is -0.118. The van der Waals surface area contributed by atoms with Gasteiger partial charge in [-0.15, -0.1) is 0 Å². The Bertz CT molecular complexity index is 532. The number of nitrogens with one attached hydrogen (secondary N) is 1. The molecule has 19 heavy (non-hydrogen) atoms. The Labute approximate surface area is 110 Å². The Hall–Kier alpha value is -1.65. The monoisotopic (exact) mass is 266 g/mol. The summed E-state index contributed by atoms with van der Waals surface area (Å²) in [6, 6.07) is 1.81. The fourth-order valence-electron chi connectivity index (χ4n) is 3.06. The number of fused-ring (bicyclic) bond motifs is 3. The fraction of sp³-hybridized carbons (Fsp3) is 0.500. The third-order valence-corrected chi connectivity index (χ3v) is 4.18. The van der Waals surface area contributed by atoms with E-state index >= 15 is 0 Å². The predicted octanol–water partition coefficient (Wildman–Crippen LogP) is 2.91. The maximum absolute atomic E-state index is 13.7. The van der Waals surface area contributed by atoms with Crippen molar-refractivity contribution in [3.8, 4) is 0 Å². The van der Waals surface area contributed by atoms with Crippen molar-refractivity contribution in [2.24, 2.45) is 5.92 Å². The Balaban J connectivity index is 2.02. The molecule has 102 valence electrons. The highest BCUT2D eigenvalue weighted by atomic mass is 19.1. The zero-order chi connectivity index (χ0) is 13.6. The molecule has 2 aliphatic rings. The number of nitrogens with zero attached hydrogens (tertiary/aromatic N) is 1. The van der Waals surface area contributed by atoms with Gasteiger partial charge in [-0.3, -0.25) is 4.79 Å². The molecule has 0 radical (unpaired) electrons. The van der Waals surface area contributed by atoms with Gasteiger partial charge in [0.15, 0.2) is 5.82 Å². The normalized spacial score (nSPS) is 25.6. The number of hydrogen-bond acceptors (Lipinski definition) is 2. The van der Waals surface area contributed by atoms with Gasteiger partial charge in [-0.2, -0.15) is 0 Å². The first-order valence-electron chi connectivity index (χ1n) is 6.66. The van der Waals surface area contributed by atoms with Gasteiger partial charge in [0.2, 0.25) is 5.91 Å². The SMILES string of the molecule is CCC1CCN2c3cc(F)cc(F)c3NC(=O)C2C1. The van der Waals surface area contributed by atoms with Crippen LogP contribution >= 0.6 is 0 Å². The van der Waals surface area contributed by atoms with Gasteiger partial charge in [0, 0.05) is 12.6 Å². The lowest BCUT2D eigenvalue weighted by Gasteiger charge is -2.43. The molecule has 0 saturated carbocycles. The summed E-state index contributed by atoms with van der Waals surface area (Å²) in [5.74, 6) is -0.994. The maximum Gasteiger partial charge on any atom is 0.247 e. The summed E-state index contributed by atoms with van der Waals surface area (Å²) < 4.78 is 27.1. The van der Waals surface area contributed by atoms with Crippen LogP contribution in [0.3, 0.4) is 0 Å². The summed E-state index contributed by atoms with van der Waals surface area (Å²) in [6.07, 6.45) is 2.74. The summed E-state index contributed by atoms with van der Waals surface area (Å²) >= 11 is 0. The van der Waals surface area contributed by atoms with Crippen molar-refractivity contribution in [1.82, 2.24) is 0 Å². The van der Waals surface area contributed by atoms with Crippen LogP contribution in [0.2, 0.25) is 0 Å². The van der Waals surface area contributed by atoms with Gasteiger partial charge in [0.1, 0.15) is 17.5 Å². The van der Waals surface area contributed by atoms with E-state index in [0.717, 1.165) is 25.3 Å². The minimum Gasteiger partial charge on any atom is -0.358 e. The summed E-state index contributed by atoms with van der Waals surface area (Å²) in [4.78, 5) is 13.9. The molecule has 1 aromatic carbocycles. The number of hydrogen-bond donors (Lipinski definition) is 1. The Morgan fingerprint density at radius 2 is 2.21 bits per heavy atom. The van der Waals surface area contributed by atoms with Crippen LogP contribution in [0.5, 0.6) is 0 Å². The van der Waals surface area contributed by atoms with Crippen molar-refractivity contribution in [1.29, 1.82) is 0 Å². The van der Waals surface area contributed by atoms with Crippen molar-refractivity contribution < 1.29 is 13.6 Å². The molecule has 1 aromatic rings. The molecule has 0 aliphatic carbocycles. The van der Waals surface area contributed by atoms with Gasteiger partial charge >= 0.3 is 0 Å². The van der Waals surface area contributed by atoms with Crippen molar-refractivity contribution >= 4 is 17.3 Å². The first-order chi connectivity index (χ1) is 9.10. The number of rotatable bonds is 1. The lowest BCUT2D eigenvalue weighted by Crippen LogP contribution is -2.52. The Morgan fingerprint density at radius 3 is 2.95 bits per heavy atom. The number of carbonyl (C=O) groups is 1. The second-order valence-corrected chi connectivity index (χ2v) is 5.28. The van der Waals surface area contributed by atoms with Crippen LogP contribution in [0, 0.1) is 17.6 Å². The van der Waals surface area contributed by atoms with Crippen LogP contribution in [0.25, 0.3) is 0 Å². The van der Waals surface area contributed by atoms with E-state index in [9.17, 15) is 13.6 Å². The smallest absolute Gasteiger partial charge is 0.247 e. The van der Waals surface area contributed by atoms with E-state index in [2.05, 4.69) is 12.2 Å². The van der Waals surface area contributed by atoms with Crippen molar-refractivity contribution in [3.05, 3.63) is 23.8 Å². The molecule has 0 bridgehead atoms. The number of benzene rings is 1. The van der Waals surface area contributed by atoms with Crippen LogP contribution < -0.4 is 10.2 Å². The highest BCUT2D eigenvalue weighted by Gasteiger charge is 2.38. The number of carbonyl (C=O) groups excluding carboxylic acids is 1. The minimum absolute atomic E-state index is 0.109.